The van der Waals surface area contributed by atoms with Gasteiger partial charge < -0.3 is 20.3 Å². The van der Waals surface area contributed by atoms with E-state index in [0.29, 0.717) is 12.6 Å². The van der Waals surface area contributed by atoms with Gasteiger partial charge in [0.05, 0.1) is 6.61 Å². The van der Waals surface area contributed by atoms with Crippen LogP contribution in [0, 0.1) is 0 Å². The van der Waals surface area contributed by atoms with Crippen LogP contribution < -0.4 is 15.5 Å². The van der Waals surface area contributed by atoms with Crippen molar-refractivity contribution < 1.29 is 4.74 Å². The van der Waals surface area contributed by atoms with Crippen molar-refractivity contribution in [3.8, 4) is 0 Å². The third-order valence-electron chi connectivity index (χ3n) is 2.88. The van der Waals surface area contributed by atoms with E-state index in [4.69, 9.17) is 4.74 Å². The van der Waals surface area contributed by atoms with Gasteiger partial charge in [-0.2, -0.15) is 0 Å². The van der Waals surface area contributed by atoms with Gasteiger partial charge in [0, 0.05) is 38.9 Å². The number of rotatable bonds is 6. The van der Waals surface area contributed by atoms with Crippen molar-refractivity contribution in [2.24, 2.45) is 0 Å². The van der Waals surface area contributed by atoms with E-state index in [-0.39, 0.29) is 0 Å². The minimum absolute atomic E-state index is 0.579. The molecule has 0 saturated carbocycles. The molecule has 0 atom stereocenters. The molecule has 0 radical (unpaired) electrons. The molecule has 0 amide bonds. The van der Waals surface area contributed by atoms with Crippen LogP contribution in [0.5, 0.6) is 0 Å². The van der Waals surface area contributed by atoms with Gasteiger partial charge in [0.1, 0.15) is 18.0 Å². The Kier molecular flexibility index (Phi) is 4.11. The SMILES string of the molecule is CNC1CN(c2cc(NCCOC)ncn2)C1. The van der Waals surface area contributed by atoms with Gasteiger partial charge in [0.25, 0.3) is 0 Å². The van der Waals surface area contributed by atoms with Gasteiger partial charge in [-0.05, 0) is 7.05 Å². The van der Waals surface area contributed by atoms with Gasteiger partial charge in [-0.15, -0.1) is 0 Å². The molecule has 1 aliphatic rings. The van der Waals surface area contributed by atoms with Crippen molar-refractivity contribution in [1.29, 1.82) is 0 Å². The van der Waals surface area contributed by atoms with E-state index in [9.17, 15) is 0 Å². The van der Waals surface area contributed by atoms with Crippen LogP contribution >= 0.6 is 0 Å². The van der Waals surface area contributed by atoms with E-state index in [0.717, 1.165) is 31.3 Å². The number of ether oxygens (including phenoxy) is 1. The Morgan fingerprint density at radius 3 is 3.00 bits per heavy atom. The monoisotopic (exact) mass is 237 g/mol. The highest BCUT2D eigenvalue weighted by Gasteiger charge is 2.26. The standard InChI is InChI=1S/C11H19N5O/c1-12-9-6-16(7-9)11-5-10(14-8-15-11)13-3-4-17-2/h5,8-9,12H,3-4,6-7H2,1-2H3,(H,13,14,15). The van der Waals surface area contributed by atoms with Gasteiger partial charge in [-0.25, -0.2) is 9.97 Å². The van der Waals surface area contributed by atoms with Crippen LogP contribution in [0.25, 0.3) is 0 Å². The Balaban J connectivity index is 1.88. The van der Waals surface area contributed by atoms with Crippen molar-refractivity contribution in [3.63, 3.8) is 0 Å². The molecule has 1 aliphatic heterocycles. The second kappa shape index (κ2) is 5.79. The summed E-state index contributed by atoms with van der Waals surface area (Å²) in [6.45, 7) is 3.44. The molecular weight excluding hydrogens is 218 g/mol. The zero-order valence-corrected chi connectivity index (χ0v) is 10.3. The number of methoxy groups -OCH3 is 1. The maximum Gasteiger partial charge on any atom is 0.134 e. The smallest absolute Gasteiger partial charge is 0.134 e. The average Bonchev–Trinajstić information content (AvgIpc) is 2.29. The summed E-state index contributed by atoms with van der Waals surface area (Å²) in [7, 11) is 3.67. The zero-order chi connectivity index (χ0) is 12.1. The number of anilines is 2. The maximum absolute atomic E-state index is 4.98. The summed E-state index contributed by atoms with van der Waals surface area (Å²) in [4.78, 5) is 10.7. The van der Waals surface area contributed by atoms with Gasteiger partial charge in [0.15, 0.2) is 0 Å². The van der Waals surface area contributed by atoms with Crippen LogP contribution in [0.3, 0.4) is 0 Å². The minimum atomic E-state index is 0.579. The molecule has 0 aromatic carbocycles. The summed E-state index contributed by atoms with van der Waals surface area (Å²) in [5, 5.41) is 6.44. The lowest BCUT2D eigenvalue weighted by Crippen LogP contribution is -2.57. The largest absolute Gasteiger partial charge is 0.383 e. The second-order valence-electron chi connectivity index (χ2n) is 4.07. The predicted octanol–water partition coefficient (Wildman–Crippen LogP) is -0.0571. The maximum atomic E-state index is 4.98. The van der Waals surface area contributed by atoms with Crippen molar-refractivity contribution in [1.82, 2.24) is 15.3 Å². The summed E-state index contributed by atoms with van der Waals surface area (Å²) in [6.07, 6.45) is 1.59. The summed E-state index contributed by atoms with van der Waals surface area (Å²) >= 11 is 0. The summed E-state index contributed by atoms with van der Waals surface area (Å²) in [5.74, 6) is 1.83. The number of nitrogens with one attached hydrogen (secondary N) is 2. The summed E-state index contributed by atoms with van der Waals surface area (Å²) < 4.78 is 4.98. The average molecular weight is 237 g/mol. The lowest BCUT2D eigenvalue weighted by Gasteiger charge is -2.39. The lowest BCUT2D eigenvalue weighted by molar-refractivity contribution is 0.210. The first kappa shape index (κ1) is 12.1. The van der Waals surface area contributed by atoms with E-state index >= 15 is 0 Å². The zero-order valence-electron chi connectivity index (χ0n) is 10.3. The van der Waals surface area contributed by atoms with E-state index in [1.807, 2.05) is 13.1 Å². The Morgan fingerprint density at radius 2 is 2.29 bits per heavy atom. The molecule has 2 heterocycles. The first-order valence-corrected chi connectivity index (χ1v) is 5.80. The molecule has 1 aromatic heterocycles. The van der Waals surface area contributed by atoms with Crippen LogP contribution in [-0.2, 0) is 4.74 Å². The van der Waals surface area contributed by atoms with E-state index < -0.39 is 0 Å². The third kappa shape index (κ3) is 3.04. The number of likely N-dealkylation sites (N-methyl/N-ethyl adjacent to an activating group) is 1. The highest BCUT2D eigenvalue weighted by molar-refractivity contribution is 5.50. The number of aromatic nitrogens is 2. The molecule has 2 rings (SSSR count). The van der Waals surface area contributed by atoms with E-state index in [2.05, 4.69) is 25.5 Å². The molecule has 17 heavy (non-hydrogen) atoms. The van der Waals surface area contributed by atoms with Crippen LogP contribution in [-0.4, -0.2) is 56.4 Å². The van der Waals surface area contributed by atoms with E-state index in [1.165, 1.54) is 0 Å². The van der Waals surface area contributed by atoms with Crippen LogP contribution in [0.2, 0.25) is 0 Å². The number of hydrogen-bond acceptors (Lipinski definition) is 6. The fourth-order valence-electron chi connectivity index (χ4n) is 1.75. The van der Waals surface area contributed by atoms with Gasteiger partial charge in [-0.3, -0.25) is 0 Å². The minimum Gasteiger partial charge on any atom is -0.383 e. The molecule has 6 nitrogen and oxygen atoms in total. The van der Waals surface area contributed by atoms with Crippen LogP contribution in [0.1, 0.15) is 0 Å². The Labute approximate surface area is 101 Å². The molecule has 0 bridgehead atoms. The first-order chi connectivity index (χ1) is 8.33. The van der Waals surface area contributed by atoms with Crippen molar-refractivity contribution in [2.75, 3.05) is 50.6 Å². The van der Waals surface area contributed by atoms with Crippen molar-refractivity contribution >= 4 is 11.6 Å². The fourth-order valence-corrected chi connectivity index (χ4v) is 1.75. The summed E-state index contributed by atoms with van der Waals surface area (Å²) in [6, 6.07) is 2.55. The fraction of sp³-hybridized carbons (Fsp3) is 0.636. The van der Waals surface area contributed by atoms with Crippen LogP contribution in [0.4, 0.5) is 11.6 Å². The highest BCUT2D eigenvalue weighted by atomic mass is 16.5. The third-order valence-corrected chi connectivity index (χ3v) is 2.88. The molecule has 2 N–H and O–H groups in total. The quantitative estimate of drug-likeness (QED) is 0.676. The van der Waals surface area contributed by atoms with Crippen LogP contribution in [0.15, 0.2) is 12.4 Å². The molecule has 94 valence electrons. The molecular formula is C11H19N5O. The van der Waals surface area contributed by atoms with Gasteiger partial charge in [-0.1, -0.05) is 0 Å². The lowest BCUT2D eigenvalue weighted by atomic mass is 10.1. The summed E-state index contributed by atoms with van der Waals surface area (Å²) in [5.41, 5.74) is 0. The second-order valence-corrected chi connectivity index (χ2v) is 4.07. The number of nitrogens with zero attached hydrogens (tertiary/aromatic N) is 3. The van der Waals surface area contributed by atoms with Crippen molar-refractivity contribution in [3.05, 3.63) is 12.4 Å². The number of hydrogen-bond donors (Lipinski definition) is 2. The Morgan fingerprint density at radius 1 is 1.47 bits per heavy atom. The normalized spacial score (nSPS) is 15.8. The van der Waals surface area contributed by atoms with Gasteiger partial charge >= 0.3 is 0 Å². The Hall–Kier alpha value is -1.40. The van der Waals surface area contributed by atoms with Gasteiger partial charge in [0.2, 0.25) is 0 Å². The molecule has 1 saturated heterocycles. The Bertz CT molecular complexity index is 353. The molecule has 1 aromatic rings. The molecule has 1 fully saturated rings. The topological polar surface area (TPSA) is 62.3 Å². The molecule has 0 spiro atoms. The molecule has 6 heteroatoms. The predicted molar refractivity (Wildman–Crippen MR) is 67.5 cm³/mol. The highest BCUT2D eigenvalue weighted by Crippen LogP contribution is 2.19. The van der Waals surface area contributed by atoms with Crippen molar-refractivity contribution in [2.45, 2.75) is 6.04 Å². The molecule has 0 aliphatic carbocycles. The molecule has 0 unspecified atom stereocenters. The first-order valence-electron chi connectivity index (χ1n) is 5.80. The van der Waals surface area contributed by atoms with E-state index in [1.54, 1.807) is 13.4 Å².